The maximum Gasteiger partial charge on any atom is 0.0572 e. The molecule has 0 radical (unpaired) electrons. The minimum absolute atomic E-state index is 0.316. The molecular weight excluding hydrogens is 202 g/mol. The molecular formula is C13H27NO2. The second-order valence-electron chi connectivity index (χ2n) is 4.90. The van der Waals surface area contributed by atoms with Crippen molar-refractivity contribution in [2.24, 2.45) is 5.92 Å². The summed E-state index contributed by atoms with van der Waals surface area (Å²) < 4.78 is 5.36. The van der Waals surface area contributed by atoms with Gasteiger partial charge in [0.1, 0.15) is 0 Å². The molecule has 2 N–H and O–H groups in total. The number of methoxy groups -OCH3 is 1. The molecule has 1 unspecified atom stereocenters. The van der Waals surface area contributed by atoms with E-state index in [1.165, 1.54) is 25.7 Å². The Bertz CT molecular complexity index is 167. The van der Waals surface area contributed by atoms with E-state index in [4.69, 9.17) is 9.84 Å². The van der Waals surface area contributed by atoms with Crippen molar-refractivity contribution in [3.05, 3.63) is 0 Å². The summed E-state index contributed by atoms with van der Waals surface area (Å²) in [6.07, 6.45) is 7.40. The molecule has 0 aromatic carbocycles. The fourth-order valence-corrected chi connectivity index (χ4v) is 2.47. The van der Waals surface area contributed by atoms with Crippen molar-refractivity contribution in [1.82, 2.24) is 5.32 Å². The third kappa shape index (κ3) is 4.81. The van der Waals surface area contributed by atoms with E-state index in [-0.39, 0.29) is 0 Å². The number of hydrogen-bond donors (Lipinski definition) is 2. The van der Waals surface area contributed by atoms with E-state index in [1.54, 1.807) is 0 Å². The van der Waals surface area contributed by atoms with Crippen LogP contribution in [-0.2, 0) is 4.74 Å². The van der Waals surface area contributed by atoms with Crippen molar-refractivity contribution in [2.45, 2.75) is 57.6 Å². The van der Waals surface area contributed by atoms with E-state index >= 15 is 0 Å². The Labute approximate surface area is 99.6 Å². The average Bonchev–Trinajstić information content (AvgIpc) is 2.35. The lowest BCUT2D eigenvalue weighted by Gasteiger charge is -2.29. The number of aliphatic hydroxyl groups is 1. The van der Waals surface area contributed by atoms with Crippen molar-refractivity contribution in [3.63, 3.8) is 0 Å². The highest BCUT2D eigenvalue weighted by Gasteiger charge is 2.20. The molecule has 1 rings (SSSR count). The lowest BCUT2D eigenvalue weighted by atomic mass is 9.92. The maximum absolute atomic E-state index is 8.93. The molecule has 1 saturated carbocycles. The first-order chi connectivity index (χ1) is 7.80. The molecule has 96 valence electrons. The van der Waals surface area contributed by atoms with Crippen LogP contribution in [0, 0.1) is 5.92 Å². The van der Waals surface area contributed by atoms with Crippen LogP contribution in [0.15, 0.2) is 0 Å². The minimum Gasteiger partial charge on any atom is -0.396 e. The second-order valence-corrected chi connectivity index (χ2v) is 4.90. The van der Waals surface area contributed by atoms with E-state index < -0.39 is 0 Å². The van der Waals surface area contributed by atoms with Crippen molar-refractivity contribution < 1.29 is 9.84 Å². The zero-order valence-corrected chi connectivity index (χ0v) is 10.7. The Hall–Kier alpha value is -0.120. The summed E-state index contributed by atoms with van der Waals surface area (Å²) in [5.74, 6) is 0.630. The number of ether oxygens (including phenoxy) is 1. The molecule has 0 spiro atoms. The Morgan fingerprint density at radius 2 is 2.00 bits per heavy atom. The normalized spacial score (nSPS) is 27.9. The first-order valence-electron chi connectivity index (χ1n) is 6.67. The van der Waals surface area contributed by atoms with Gasteiger partial charge in [0, 0.05) is 19.8 Å². The molecule has 1 aliphatic rings. The summed E-state index contributed by atoms with van der Waals surface area (Å²) >= 11 is 0. The maximum atomic E-state index is 8.93. The van der Waals surface area contributed by atoms with E-state index in [0.717, 1.165) is 19.4 Å². The number of rotatable bonds is 7. The van der Waals surface area contributed by atoms with Crippen molar-refractivity contribution in [1.29, 1.82) is 0 Å². The third-order valence-electron chi connectivity index (χ3n) is 3.82. The topological polar surface area (TPSA) is 41.5 Å². The van der Waals surface area contributed by atoms with Gasteiger partial charge < -0.3 is 15.2 Å². The van der Waals surface area contributed by atoms with Crippen LogP contribution in [0.4, 0.5) is 0 Å². The number of nitrogens with one attached hydrogen (secondary N) is 1. The SMILES string of the molecule is CCC(CCO)CNC1CCC(OC)CC1. The van der Waals surface area contributed by atoms with Crippen LogP contribution in [0.1, 0.15) is 45.4 Å². The monoisotopic (exact) mass is 229 g/mol. The predicted molar refractivity (Wildman–Crippen MR) is 66.5 cm³/mol. The average molecular weight is 229 g/mol. The van der Waals surface area contributed by atoms with Crippen LogP contribution in [0.5, 0.6) is 0 Å². The minimum atomic E-state index is 0.316. The summed E-state index contributed by atoms with van der Waals surface area (Å²) in [6, 6.07) is 0.666. The molecule has 0 bridgehead atoms. The molecule has 0 aliphatic heterocycles. The smallest absolute Gasteiger partial charge is 0.0572 e. The highest BCUT2D eigenvalue weighted by atomic mass is 16.5. The molecule has 1 aliphatic carbocycles. The summed E-state index contributed by atoms with van der Waals surface area (Å²) in [5, 5.41) is 12.6. The van der Waals surface area contributed by atoms with Crippen LogP contribution >= 0.6 is 0 Å². The standard InChI is InChI=1S/C13H27NO2/c1-3-11(8-9-15)10-14-12-4-6-13(16-2)7-5-12/h11-15H,3-10H2,1-2H3. The Kier molecular flexibility index (Phi) is 7.01. The van der Waals surface area contributed by atoms with Gasteiger partial charge >= 0.3 is 0 Å². The van der Waals surface area contributed by atoms with Crippen LogP contribution in [0.3, 0.4) is 0 Å². The summed E-state index contributed by atoms with van der Waals surface area (Å²) in [4.78, 5) is 0. The molecule has 0 saturated heterocycles. The lowest BCUT2D eigenvalue weighted by Crippen LogP contribution is -2.37. The molecule has 3 nitrogen and oxygen atoms in total. The van der Waals surface area contributed by atoms with Crippen LogP contribution in [-0.4, -0.2) is 37.5 Å². The zero-order chi connectivity index (χ0) is 11.8. The third-order valence-corrected chi connectivity index (χ3v) is 3.82. The van der Waals surface area contributed by atoms with Gasteiger partial charge in [-0.1, -0.05) is 13.3 Å². The lowest BCUT2D eigenvalue weighted by molar-refractivity contribution is 0.0619. The van der Waals surface area contributed by atoms with Crippen molar-refractivity contribution >= 4 is 0 Å². The fourth-order valence-electron chi connectivity index (χ4n) is 2.47. The van der Waals surface area contributed by atoms with Gasteiger partial charge in [0.05, 0.1) is 6.10 Å². The summed E-state index contributed by atoms with van der Waals surface area (Å²) in [5.41, 5.74) is 0. The molecule has 0 amide bonds. The largest absolute Gasteiger partial charge is 0.396 e. The Morgan fingerprint density at radius 1 is 1.31 bits per heavy atom. The second kappa shape index (κ2) is 8.04. The highest BCUT2D eigenvalue weighted by Crippen LogP contribution is 2.21. The molecule has 1 fully saturated rings. The molecule has 0 aromatic heterocycles. The Balaban J connectivity index is 2.13. The molecule has 3 heteroatoms. The van der Waals surface area contributed by atoms with Crippen molar-refractivity contribution in [2.75, 3.05) is 20.3 Å². The quantitative estimate of drug-likeness (QED) is 0.701. The first-order valence-corrected chi connectivity index (χ1v) is 6.67. The summed E-state index contributed by atoms with van der Waals surface area (Å²) in [7, 11) is 1.81. The van der Waals surface area contributed by atoms with E-state index in [9.17, 15) is 0 Å². The number of hydrogen-bond acceptors (Lipinski definition) is 3. The fraction of sp³-hybridized carbons (Fsp3) is 1.00. The molecule has 1 atom stereocenters. The van der Waals surface area contributed by atoms with Gasteiger partial charge in [-0.05, 0) is 44.6 Å². The van der Waals surface area contributed by atoms with Gasteiger partial charge in [0.25, 0.3) is 0 Å². The van der Waals surface area contributed by atoms with Crippen molar-refractivity contribution in [3.8, 4) is 0 Å². The van der Waals surface area contributed by atoms with Crippen LogP contribution in [0.25, 0.3) is 0 Å². The molecule has 0 aromatic rings. The van der Waals surface area contributed by atoms with Gasteiger partial charge in [-0.2, -0.15) is 0 Å². The van der Waals surface area contributed by atoms with Gasteiger partial charge in [0.15, 0.2) is 0 Å². The predicted octanol–water partition coefficient (Wildman–Crippen LogP) is 1.94. The van der Waals surface area contributed by atoms with E-state index in [0.29, 0.717) is 24.7 Å². The van der Waals surface area contributed by atoms with E-state index in [2.05, 4.69) is 12.2 Å². The first kappa shape index (κ1) is 13.9. The van der Waals surface area contributed by atoms with Crippen LogP contribution in [0.2, 0.25) is 0 Å². The zero-order valence-electron chi connectivity index (χ0n) is 10.7. The Morgan fingerprint density at radius 3 is 2.50 bits per heavy atom. The van der Waals surface area contributed by atoms with Gasteiger partial charge in [-0.15, -0.1) is 0 Å². The van der Waals surface area contributed by atoms with Gasteiger partial charge in [-0.3, -0.25) is 0 Å². The highest BCUT2D eigenvalue weighted by molar-refractivity contribution is 4.78. The van der Waals surface area contributed by atoms with Gasteiger partial charge in [-0.25, -0.2) is 0 Å². The van der Waals surface area contributed by atoms with E-state index in [1.807, 2.05) is 7.11 Å². The molecule has 16 heavy (non-hydrogen) atoms. The van der Waals surface area contributed by atoms with Crippen LogP contribution < -0.4 is 5.32 Å². The summed E-state index contributed by atoms with van der Waals surface area (Å²) in [6.45, 7) is 3.57. The van der Waals surface area contributed by atoms with Gasteiger partial charge in [0.2, 0.25) is 0 Å². The molecule has 0 heterocycles. The number of aliphatic hydroxyl groups excluding tert-OH is 1.